The van der Waals surface area contributed by atoms with Crippen molar-refractivity contribution in [2.45, 2.75) is 58.9 Å². The van der Waals surface area contributed by atoms with Gasteiger partial charge in [-0.15, -0.1) is 0 Å². The molecule has 0 heterocycles. The Balaban J connectivity index is 0. The van der Waals surface area contributed by atoms with E-state index in [-0.39, 0.29) is 1.43 Å². The molecule has 0 aromatic carbocycles. The molecule has 0 atom stereocenters. The first-order valence-electron chi connectivity index (χ1n) is 5.17. The second kappa shape index (κ2) is 8.06. The van der Waals surface area contributed by atoms with E-state index < -0.39 is 0 Å². The van der Waals surface area contributed by atoms with E-state index in [0.29, 0.717) is 0 Å². The molecule has 1 fully saturated rings. The summed E-state index contributed by atoms with van der Waals surface area (Å²) in [5, 5.41) is 3.48. The van der Waals surface area contributed by atoms with E-state index in [0.717, 1.165) is 12.6 Å². The standard InChI is InChI=1S/C8H17N.C2H6.H2/c1-2-9-8-6-4-3-5-7-8;1-2;/h8-9H,2-7H2,1H3;1-2H3;1H. The summed E-state index contributed by atoms with van der Waals surface area (Å²) < 4.78 is 0. The van der Waals surface area contributed by atoms with Crippen LogP contribution in [0.4, 0.5) is 0 Å². The van der Waals surface area contributed by atoms with Crippen molar-refractivity contribution >= 4 is 0 Å². The van der Waals surface area contributed by atoms with Crippen molar-refractivity contribution in [1.82, 2.24) is 5.32 Å². The summed E-state index contributed by atoms with van der Waals surface area (Å²) in [6.45, 7) is 7.33. The van der Waals surface area contributed by atoms with Crippen LogP contribution in [0.15, 0.2) is 0 Å². The van der Waals surface area contributed by atoms with Gasteiger partial charge in [-0.1, -0.05) is 40.0 Å². The lowest BCUT2D eigenvalue weighted by molar-refractivity contribution is 0.380. The van der Waals surface area contributed by atoms with Crippen LogP contribution < -0.4 is 5.32 Å². The van der Waals surface area contributed by atoms with Gasteiger partial charge >= 0.3 is 0 Å². The van der Waals surface area contributed by atoms with E-state index >= 15 is 0 Å². The highest BCUT2D eigenvalue weighted by molar-refractivity contribution is 4.70. The van der Waals surface area contributed by atoms with Crippen LogP contribution in [-0.4, -0.2) is 12.6 Å². The first kappa shape index (κ1) is 11.0. The Labute approximate surface area is 73.1 Å². The fraction of sp³-hybridized carbons (Fsp3) is 1.00. The maximum absolute atomic E-state index is 3.48. The van der Waals surface area contributed by atoms with Crippen molar-refractivity contribution in [2.24, 2.45) is 0 Å². The van der Waals surface area contributed by atoms with Crippen molar-refractivity contribution in [1.29, 1.82) is 0 Å². The summed E-state index contributed by atoms with van der Waals surface area (Å²) in [6.07, 6.45) is 7.17. The largest absolute Gasteiger partial charge is 0.314 e. The summed E-state index contributed by atoms with van der Waals surface area (Å²) in [4.78, 5) is 0. The van der Waals surface area contributed by atoms with Gasteiger partial charge < -0.3 is 5.32 Å². The van der Waals surface area contributed by atoms with Gasteiger partial charge in [0, 0.05) is 7.47 Å². The average molecular weight is 159 g/mol. The summed E-state index contributed by atoms with van der Waals surface area (Å²) in [5.41, 5.74) is 0. The second-order valence-corrected chi connectivity index (χ2v) is 2.89. The Kier molecular flexibility index (Phi) is 8.03. The summed E-state index contributed by atoms with van der Waals surface area (Å²) in [7, 11) is 0. The Morgan fingerprint density at radius 1 is 1.18 bits per heavy atom. The third-order valence-electron chi connectivity index (χ3n) is 2.10. The number of hydrogen-bond donors (Lipinski definition) is 1. The van der Waals surface area contributed by atoms with Crippen molar-refractivity contribution in [3.8, 4) is 0 Å². The molecule has 0 unspecified atom stereocenters. The van der Waals surface area contributed by atoms with Gasteiger partial charge in [-0.25, -0.2) is 0 Å². The van der Waals surface area contributed by atoms with Crippen molar-refractivity contribution < 1.29 is 1.43 Å². The van der Waals surface area contributed by atoms with Gasteiger partial charge in [-0.2, -0.15) is 0 Å². The molecule has 11 heavy (non-hydrogen) atoms. The fourth-order valence-corrected chi connectivity index (χ4v) is 1.60. The van der Waals surface area contributed by atoms with Crippen LogP contribution in [0.25, 0.3) is 0 Å². The predicted molar refractivity (Wildman–Crippen MR) is 54.0 cm³/mol. The van der Waals surface area contributed by atoms with E-state index in [4.69, 9.17) is 0 Å². The summed E-state index contributed by atoms with van der Waals surface area (Å²) >= 11 is 0. The van der Waals surface area contributed by atoms with Gasteiger partial charge in [-0.3, -0.25) is 0 Å². The second-order valence-electron chi connectivity index (χ2n) is 2.89. The van der Waals surface area contributed by atoms with Gasteiger partial charge in [0.15, 0.2) is 0 Å². The Morgan fingerprint density at radius 3 is 2.18 bits per heavy atom. The molecule has 1 N–H and O–H groups in total. The first-order chi connectivity index (χ1) is 5.43. The van der Waals surface area contributed by atoms with Crippen LogP contribution in [0.5, 0.6) is 0 Å². The molecule has 70 valence electrons. The number of nitrogens with one attached hydrogen (secondary N) is 1. The lowest BCUT2D eigenvalue weighted by Crippen LogP contribution is -2.30. The molecule has 1 rings (SSSR count). The molecule has 0 aliphatic heterocycles. The third kappa shape index (κ3) is 5.25. The highest BCUT2D eigenvalue weighted by atomic mass is 14.9. The molecule has 0 saturated heterocycles. The van der Waals surface area contributed by atoms with E-state index in [1.54, 1.807) is 0 Å². The van der Waals surface area contributed by atoms with Crippen LogP contribution in [0.1, 0.15) is 54.3 Å². The summed E-state index contributed by atoms with van der Waals surface area (Å²) in [6, 6.07) is 0.851. The molecule has 0 amide bonds. The van der Waals surface area contributed by atoms with Gasteiger partial charge in [0.05, 0.1) is 0 Å². The van der Waals surface area contributed by atoms with Gasteiger partial charge in [0.25, 0.3) is 0 Å². The number of rotatable bonds is 2. The quantitative estimate of drug-likeness (QED) is 0.652. The van der Waals surface area contributed by atoms with E-state index in [1.807, 2.05) is 13.8 Å². The van der Waals surface area contributed by atoms with Crippen LogP contribution in [-0.2, 0) is 0 Å². The molecule has 1 saturated carbocycles. The molecule has 0 aromatic rings. The molecule has 0 bridgehead atoms. The molecule has 0 aromatic heterocycles. The first-order valence-corrected chi connectivity index (χ1v) is 5.17. The van der Waals surface area contributed by atoms with Crippen molar-refractivity contribution in [3.63, 3.8) is 0 Å². The van der Waals surface area contributed by atoms with Crippen LogP contribution in [0.2, 0.25) is 0 Å². The van der Waals surface area contributed by atoms with Crippen LogP contribution in [0, 0.1) is 0 Å². The zero-order chi connectivity index (χ0) is 8.53. The van der Waals surface area contributed by atoms with Gasteiger partial charge in [0.1, 0.15) is 0 Å². The van der Waals surface area contributed by atoms with Crippen molar-refractivity contribution in [2.75, 3.05) is 6.54 Å². The zero-order valence-corrected chi connectivity index (χ0v) is 8.32. The van der Waals surface area contributed by atoms with E-state index in [2.05, 4.69) is 12.2 Å². The topological polar surface area (TPSA) is 12.0 Å². The zero-order valence-electron chi connectivity index (χ0n) is 8.32. The Morgan fingerprint density at radius 2 is 1.73 bits per heavy atom. The third-order valence-corrected chi connectivity index (χ3v) is 2.10. The van der Waals surface area contributed by atoms with Crippen LogP contribution >= 0.6 is 0 Å². The molecule has 1 aliphatic carbocycles. The average Bonchev–Trinajstić information content (AvgIpc) is 2.11. The Hall–Kier alpha value is -0.0400. The molecular formula is C10H25N. The minimum atomic E-state index is 0. The van der Waals surface area contributed by atoms with Gasteiger partial charge in [-0.05, 0) is 19.4 Å². The minimum absolute atomic E-state index is 0. The highest BCUT2D eigenvalue weighted by Gasteiger charge is 2.10. The predicted octanol–water partition coefficient (Wildman–Crippen LogP) is 3.20. The molecule has 1 nitrogen and oxygen atoms in total. The lowest BCUT2D eigenvalue weighted by atomic mass is 9.96. The maximum Gasteiger partial charge on any atom is 0.00669 e. The smallest absolute Gasteiger partial charge is 0.00669 e. The van der Waals surface area contributed by atoms with E-state index in [9.17, 15) is 0 Å². The lowest BCUT2D eigenvalue weighted by Gasteiger charge is -2.21. The monoisotopic (exact) mass is 159 g/mol. The van der Waals surface area contributed by atoms with E-state index in [1.165, 1.54) is 32.1 Å². The fourth-order valence-electron chi connectivity index (χ4n) is 1.60. The number of hydrogen-bond acceptors (Lipinski definition) is 1. The molecule has 0 radical (unpaired) electrons. The maximum atomic E-state index is 3.48. The summed E-state index contributed by atoms with van der Waals surface area (Å²) in [5.74, 6) is 0. The highest BCUT2D eigenvalue weighted by Crippen LogP contribution is 2.16. The molecule has 1 heteroatoms. The van der Waals surface area contributed by atoms with Gasteiger partial charge in [0.2, 0.25) is 0 Å². The molecular weight excluding hydrogens is 134 g/mol. The normalized spacial score (nSPS) is 18.8. The molecule has 0 spiro atoms. The Bertz CT molecular complexity index is 67.5. The molecule has 1 aliphatic rings. The minimum Gasteiger partial charge on any atom is -0.314 e. The SMILES string of the molecule is CC.CCNC1CCCCC1.[HH]. The van der Waals surface area contributed by atoms with Crippen LogP contribution in [0.3, 0.4) is 0 Å². The van der Waals surface area contributed by atoms with Crippen molar-refractivity contribution in [3.05, 3.63) is 0 Å².